The highest BCUT2D eigenvalue weighted by atomic mass is 19.1. The molecule has 4 heteroatoms. The molecule has 76 valence electrons. The Labute approximate surface area is 82.4 Å². The fourth-order valence-electron chi connectivity index (χ4n) is 0.903. The molecule has 1 amide bonds. The number of pyridine rings is 1. The summed E-state index contributed by atoms with van der Waals surface area (Å²) in [5.74, 6) is -0.650. The minimum Gasteiger partial charge on any atom is -0.323 e. The van der Waals surface area contributed by atoms with Crippen LogP contribution in [0, 0.1) is 6.92 Å². The minimum absolute atomic E-state index is 0.563. The Balaban J connectivity index is 2.75. The summed E-state index contributed by atoms with van der Waals surface area (Å²) in [5.41, 5.74) is -0.523. The second-order valence-electron chi connectivity index (χ2n) is 3.61. The molecule has 0 radical (unpaired) electrons. The normalized spacial score (nSPS) is 11.1. The Morgan fingerprint density at radius 2 is 2.21 bits per heavy atom. The highest BCUT2D eigenvalue weighted by Gasteiger charge is 2.26. The van der Waals surface area contributed by atoms with Crippen molar-refractivity contribution in [1.29, 1.82) is 0 Å². The van der Waals surface area contributed by atoms with Crippen molar-refractivity contribution in [2.75, 3.05) is 5.32 Å². The number of carbonyl (C=O) groups is 1. The Bertz CT molecular complexity index is 344. The molecular weight excluding hydrogens is 183 g/mol. The summed E-state index contributed by atoms with van der Waals surface area (Å²) >= 11 is 0. The predicted octanol–water partition coefficient (Wildman–Crippen LogP) is 2.08. The molecule has 1 aromatic rings. The number of carbonyl (C=O) groups excluding carboxylic acids is 1. The van der Waals surface area contributed by atoms with Crippen LogP contribution in [0.2, 0.25) is 0 Å². The zero-order valence-electron chi connectivity index (χ0n) is 8.47. The zero-order valence-corrected chi connectivity index (χ0v) is 8.47. The second kappa shape index (κ2) is 3.74. The lowest BCUT2D eigenvalue weighted by Gasteiger charge is -2.13. The summed E-state index contributed by atoms with van der Waals surface area (Å²) < 4.78 is 13.1. The molecule has 0 bridgehead atoms. The van der Waals surface area contributed by atoms with Crippen LogP contribution in [0.5, 0.6) is 0 Å². The van der Waals surface area contributed by atoms with Gasteiger partial charge < -0.3 is 5.32 Å². The molecule has 0 saturated carbocycles. The van der Waals surface area contributed by atoms with E-state index in [-0.39, 0.29) is 0 Å². The van der Waals surface area contributed by atoms with E-state index in [1.165, 1.54) is 13.8 Å². The van der Waals surface area contributed by atoms with Crippen molar-refractivity contribution in [2.24, 2.45) is 0 Å². The van der Waals surface area contributed by atoms with Crippen LogP contribution >= 0.6 is 0 Å². The second-order valence-corrected chi connectivity index (χ2v) is 3.61. The topological polar surface area (TPSA) is 42.0 Å². The molecular formula is C10H13FN2O. The first-order valence-corrected chi connectivity index (χ1v) is 4.32. The number of rotatable bonds is 2. The lowest BCUT2D eigenvalue weighted by atomic mass is 10.1. The number of amides is 1. The fraction of sp³-hybridized carbons (Fsp3) is 0.400. The molecule has 0 aliphatic heterocycles. The number of nitrogens with one attached hydrogen (secondary N) is 1. The summed E-state index contributed by atoms with van der Waals surface area (Å²) in [5, 5.41) is 2.47. The molecule has 1 N–H and O–H groups in total. The van der Waals surface area contributed by atoms with Gasteiger partial charge in [-0.05, 0) is 32.9 Å². The summed E-state index contributed by atoms with van der Waals surface area (Å²) in [4.78, 5) is 15.2. The van der Waals surface area contributed by atoms with Gasteiger partial charge in [0.25, 0.3) is 5.91 Å². The zero-order chi connectivity index (χ0) is 10.8. The third-order valence-electron chi connectivity index (χ3n) is 1.69. The van der Waals surface area contributed by atoms with Crippen LogP contribution < -0.4 is 5.32 Å². The van der Waals surface area contributed by atoms with Gasteiger partial charge in [0.15, 0.2) is 5.67 Å². The van der Waals surface area contributed by atoms with Crippen molar-refractivity contribution < 1.29 is 9.18 Å². The van der Waals surface area contributed by atoms with E-state index >= 15 is 0 Å². The smallest absolute Gasteiger partial charge is 0.261 e. The number of aromatic nitrogens is 1. The standard InChI is InChI=1S/C10H13FN2O/c1-7-6-8(4-5-12-7)13-9(14)10(2,3)11/h4-6H,1-3H3,(H,12,13,14). The van der Waals surface area contributed by atoms with Crippen molar-refractivity contribution in [2.45, 2.75) is 26.4 Å². The Morgan fingerprint density at radius 1 is 1.57 bits per heavy atom. The van der Waals surface area contributed by atoms with E-state index in [4.69, 9.17) is 0 Å². The summed E-state index contributed by atoms with van der Waals surface area (Å²) in [7, 11) is 0. The van der Waals surface area contributed by atoms with Gasteiger partial charge in [-0.25, -0.2) is 4.39 Å². The van der Waals surface area contributed by atoms with Crippen LogP contribution in [-0.2, 0) is 4.79 Å². The maximum absolute atomic E-state index is 13.1. The molecule has 0 fully saturated rings. The van der Waals surface area contributed by atoms with Gasteiger partial charge in [0.05, 0.1) is 0 Å². The van der Waals surface area contributed by atoms with Crippen molar-refractivity contribution in [3.05, 3.63) is 24.0 Å². The van der Waals surface area contributed by atoms with Gasteiger partial charge in [-0.15, -0.1) is 0 Å². The maximum atomic E-state index is 13.1. The number of aryl methyl sites for hydroxylation is 1. The van der Waals surface area contributed by atoms with Crippen LogP contribution in [0.15, 0.2) is 18.3 Å². The number of halogens is 1. The Morgan fingerprint density at radius 3 is 2.71 bits per heavy atom. The van der Waals surface area contributed by atoms with E-state index in [2.05, 4.69) is 10.3 Å². The SMILES string of the molecule is Cc1cc(NC(=O)C(C)(C)F)ccn1. The third kappa shape index (κ3) is 2.80. The first kappa shape index (κ1) is 10.6. The maximum Gasteiger partial charge on any atom is 0.261 e. The van der Waals surface area contributed by atoms with Crippen LogP contribution in [0.4, 0.5) is 10.1 Å². The largest absolute Gasteiger partial charge is 0.323 e. The third-order valence-corrected chi connectivity index (χ3v) is 1.69. The van der Waals surface area contributed by atoms with Gasteiger partial charge in [0.2, 0.25) is 0 Å². The molecule has 0 aliphatic rings. The Kier molecular flexibility index (Phi) is 2.84. The Hall–Kier alpha value is -1.45. The quantitative estimate of drug-likeness (QED) is 0.786. The van der Waals surface area contributed by atoms with E-state index in [0.717, 1.165) is 5.69 Å². The predicted molar refractivity (Wildman–Crippen MR) is 52.8 cm³/mol. The van der Waals surface area contributed by atoms with Crippen molar-refractivity contribution >= 4 is 11.6 Å². The monoisotopic (exact) mass is 196 g/mol. The number of anilines is 1. The van der Waals surface area contributed by atoms with E-state index in [9.17, 15) is 9.18 Å². The first-order valence-electron chi connectivity index (χ1n) is 4.32. The number of hydrogen-bond acceptors (Lipinski definition) is 2. The minimum atomic E-state index is -1.86. The lowest BCUT2D eigenvalue weighted by Crippen LogP contribution is -2.32. The van der Waals surface area contributed by atoms with Crippen LogP contribution in [0.3, 0.4) is 0 Å². The number of nitrogens with zero attached hydrogens (tertiary/aromatic N) is 1. The summed E-state index contributed by atoms with van der Waals surface area (Å²) in [6.45, 7) is 4.24. The molecule has 0 aliphatic carbocycles. The van der Waals surface area contributed by atoms with Gasteiger partial charge in [-0.2, -0.15) is 0 Å². The molecule has 1 rings (SSSR count). The van der Waals surface area contributed by atoms with Crippen molar-refractivity contribution in [3.63, 3.8) is 0 Å². The molecule has 14 heavy (non-hydrogen) atoms. The molecule has 0 spiro atoms. The van der Waals surface area contributed by atoms with Crippen molar-refractivity contribution in [1.82, 2.24) is 4.98 Å². The highest BCUT2D eigenvalue weighted by Crippen LogP contribution is 2.13. The number of alkyl halides is 1. The molecule has 0 unspecified atom stereocenters. The highest BCUT2D eigenvalue weighted by molar-refractivity contribution is 5.96. The van der Waals surface area contributed by atoms with Crippen molar-refractivity contribution in [3.8, 4) is 0 Å². The van der Waals surface area contributed by atoms with E-state index < -0.39 is 11.6 Å². The molecule has 0 aromatic carbocycles. The van der Waals surface area contributed by atoms with Gasteiger partial charge in [-0.3, -0.25) is 9.78 Å². The average Bonchev–Trinajstić information content (AvgIpc) is 2.02. The molecule has 1 heterocycles. The van der Waals surface area contributed by atoms with Gasteiger partial charge in [-0.1, -0.05) is 0 Å². The van der Waals surface area contributed by atoms with E-state index in [1.54, 1.807) is 25.3 Å². The summed E-state index contributed by atoms with van der Waals surface area (Å²) in [6, 6.07) is 3.31. The molecule has 1 aromatic heterocycles. The van der Waals surface area contributed by atoms with E-state index in [0.29, 0.717) is 5.69 Å². The first-order chi connectivity index (χ1) is 6.39. The van der Waals surface area contributed by atoms with Gasteiger partial charge in [0.1, 0.15) is 0 Å². The molecule has 3 nitrogen and oxygen atoms in total. The van der Waals surface area contributed by atoms with Crippen LogP contribution in [-0.4, -0.2) is 16.6 Å². The van der Waals surface area contributed by atoms with Gasteiger partial charge >= 0.3 is 0 Å². The summed E-state index contributed by atoms with van der Waals surface area (Å²) in [6.07, 6.45) is 1.57. The van der Waals surface area contributed by atoms with Crippen LogP contribution in [0.25, 0.3) is 0 Å². The van der Waals surface area contributed by atoms with Gasteiger partial charge in [0, 0.05) is 17.6 Å². The molecule has 0 saturated heterocycles. The molecule has 0 atom stereocenters. The number of hydrogen-bond donors (Lipinski definition) is 1. The fourth-order valence-corrected chi connectivity index (χ4v) is 0.903. The average molecular weight is 196 g/mol. The van der Waals surface area contributed by atoms with E-state index in [1.807, 2.05) is 0 Å². The van der Waals surface area contributed by atoms with Crippen LogP contribution in [0.1, 0.15) is 19.5 Å². The lowest BCUT2D eigenvalue weighted by molar-refractivity contribution is -0.125.